The number of hydrogen-bond acceptors (Lipinski definition) is 2. The Kier molecular flexibility index (Phi) is 3.11. The molecule has 0 aliphatic heterocycles. The van der Waals surface area contributed by atoms with Gasteiger partial charge in [-0.2, -0.15) is 0 Å². The van der Waals surface area contributed by atoms with Gasteiger partial charge in [-0.1, -0.05) is 0 Å². The molecule has 0 bridgehead atoms. The van der Waals surface area contributed by atoms with Crippen LogP contribution in [0.2, 0.25) is 0 Å². The number of benzene rings is 2. The molecule has 78 valence electrons. The summed E-state index contributed by atoms with van der Waals surface area (Å²) in [5, 5.41) is 0. The van der Waals surface area contributed by atoms with Crippen LogP contribution in [0.25, 0.3) is 0 Å². The average molecular weight is 311 g/mol. The quantitative estimate of drug-likeness (QED) is 0.551. The van der Waals surface area contributed by atoms with Crippen LogP contribution in [0.1, 0.15) is 0 Å². The van der Waals surface area contributed by atoms with Crippen molar-refractivity contribution in [2.45, 2.75) is 0 Å². The molecule has 0 unspecified atom stereocenters. The van der Waals surface area contributed by atoms with E-state index < -0.39 is 0 Å². The van der Waals surface area contributed by atoms with Crippen LogP contribution in [0.5, 0.6) is 0 Å². The van der Waals surface area contributed by atoms with Crippen molar-refractivity contribution in [3.8, 4) is 0 Å². The van der Waals surface area contributed by atoms with E-state index in [1.165, 1.54) is 7.14 Å². The zero-order chi connectivity index (χ0) is 10.7. The third-order valence-electron chi connectivity index (χ3n) is 1.92. The van der Waals surface area contributed by atoms with E-state index in [0.29, 0.717) is 0 Å². The van der Waals surface area contributed by atoms with Crippen molar-refractivity contribution in [1.29, 1.82) is 0 Å². The second-order valence-electron chi connectivity index (χ2n) is 3.20. The van der Waals surface area contributed by atoms with Crippen molar-refractivity contribution in [3.05, 3.63) is 55.7 Å². The number of halogens is 1. The average Bonchev–Trinajstić information content (AvgIpc) is 2.17. The van der Waals surface area contributed by atoms with E-state index >= 15 is 0 Å². The molecule has 4 N–H and O–H groups in total. The third-order valence-corrected chi connectivity index (χ3v) is 4.50. The van der Waals surface area contributed by atoms with Gasteiger partial charge in [-0.15, -0.1) is 0 Å². The van der Waals surface area contributed by atoms with Crippen LogP contribution in [0, 0.1) is 7.14 Å². The van der Waals surface area contributed by atoms with E-state index in [9.17, 15) is 0 Å². The molecule has 2 nitrogen and oxygen atoms in total. The van der Waals surface area contributed by atoms with Gasteiger partial charge in [-0.05, 0) is 0 Å². The summed E-state index contributed by atoms with van der Waals surface area (Å²) >= 11 is -0.165. The monoisotopic (exact) mass is 311 g/mol. The summed E-state index contributed by atoms with van der Waals surface area (Å²) in [5.74, 6) is 0. The molecule has 0 saturated carbocycles. The Morgan fingerprint density at radius 2 is 1.20 bits per heavy atom. The fraction of sp³-hybridized carbons (Fsp3) is 0. The van der Waals surface area contributed by atoms with E-state index in [2.05, 4.69) is 12.1 Å². The third kappa shape index (κ3) is 2.86. The zero-order valence-electron chi connectivity index (χ0n) is 8.15. The minimum atomic E-state index is -0.165. The molecule has 0 fully saturated rings. The number of nitrogen functional groups attached to an aromatic ring is 2. The van der Waals surface area contributed by atoms with Crippen molar-refractivity contribution in [3.63, 3.8) is 0 Å². The molecule has 0 aliphatic rings. The van der Waals surface area contributed by atoms with Gasteiger partial charge in [0.25, 0.3) is 0 Å². The summed E-state index contributed by atoms with van der Waals surface area (Å²) in [4.78, 5) is 0. The fourth-order valence-electron chi connectivity index (χ4n) is 1.26. The van der Waals surface area contributed by atoms with Crippen molar-refractivity contribution < 1.29 is 21.2 Å². The fourth-order valence-corrected chi connectivity index (χ4v) is 3.78. The van der Waals surface area contributed by atoms with Gasteiger partial charge in [-0.25, -0.2) is 0 Å². The second kappa shape index (κ2) is 4.53. The molecule has 0 aromatic heterocycles. The molecule has 0 atom stereocenters. The maximum atomic E-state index is 5.74. The first-order chi connectivity index (χ1) is 7.24. The molecule has 2 aromatic carbocycles. The molecule has 2 aromatic rings. The van der Waals surface area contributed by atoms with Crippen molar-refractivity contribution in [2.24, 2.45) is 0 Å². The first-order valence-corrected chi connectivity index (χ1v) is 6.76. The van der Waals surface area contributed by atoms with Gasteiger partial charge in [0.1, 0.15) is 0 Å². The summed E-state index contributed by atoms with van der Waals surface area (Å²) in [6, 6.07) is 16.1. The predicted octanol–water partition coefficient (Wildman–Crippen LogP) is -1.02. The Morgan fingerprint density at radius 3 is 1.60 bits per heavy atom. The molecule has 0 heterocycles. The number of hydrogen-bond donors (Lipinski definition) is 2. The molecule has 0 aliphatic carbocycles. The summed E-state index contributed by atoms with van der Waals surface area (Å²) in [6.07, 6.45) is 0. The van der Waals surface area contributed by atoms with Crippen molar-refractivity contribution >= 4 is 11.4 Å². The minimum absolute atomic E-state index is 0.165. The summed E-state index contributed by atoms with van der Waals surface area (Å²) in [6.45, 7) is 0. The van der Waals surface area contributed by atoms with E-state index in [1.807, 2.05) is 36.4 Å². The Balaban J connectivity index is 2.22. The molecule has 0 amide bonds. The van der Waals surface area contributed by atoms with E-state index in [-0.39, 0.29) is 21.2 Å². The number of anilines is 2. The molecule has 2 rings (SSSR count). The topological polar surface area (TPSA) is 52.0 Å². The Hall–Kier alpha value is -1.23. The molecule has 0 spiro atoms. The van der Waals surface area contributed by atoms with Crippen molar-refractivity contribution in [1.82, 2.24) is 0 Å². The van der Waals surface area contributed by atoms with Crippen molar-refractivity contribution in [2.75, 3.05) is 11.5 Å². The summed E-state index contributed by atoms with van der Waals surface area (Å²) < 4.78 is 2.64. The van der Waals surface area contributed by atoms with Crippen LogP contribution in [0.4, 0.5) is 11.4 Å². The number of nitrogens with two attached hydrogens (primary N) is 2. The summed E-state index contributed by atoms with van der Waals surface area (Å²) in [5.41, 5.74) is 13.1. The Morgan fingerprint density at radius 1 is 0.733 bits per heavy atom. The van der Waals surface area contributed by atoms with E-state index in [4.69, 9.17) is 11.5 Å². The van der Waals surface area contributed by atoms with Gasteiger partial charge in [-0.3, -0.25) is 0 Å². The van der Waals surface area contributed by atoms with Gasteiger partial charge < -0.3 is 0 Å². The van der Waals surface area contributed by atoms with Crippen LogP contribution < -0.4 is 32.7 Å². The SMILES string of the molecule is Nc1cccc([I-]c2cccc(N)c2)c1. The zero-order valence-corrected chi connectivity index (χ0v) is 10.3. The second-order valence-corrected chi connectivity index (χ2v) is 6.24. The maximum absolute atomic E-state index is 5.74. The first kappa shape index (κ1) is 10.3. The number of rotatable bonds is 2. The first-order valence-electron chi connectivity index (χ1n) is 4.60. The Labute approximate surface area is 99.6 Å². The van der Waals surface area contributed by atoms with Crippen LogP contribution >= 0.6 is 0 Å². The predicted molar refractivity (Wildman–Crippen MR) is 59.1 cm³/mol. The normalized spacial score (nSPS) is 10.4. The van der Waals surface area contributed by atoms with E-state index in [1.54, 1.807) is 0 Å². The van der Waals surface area contributed by atoms with Crippen LogP contribution in [0.3, 0.4) is 0 Å². The summed E-state index contributed by atoms with van der Waals surface area (Å²) in [7, 11) is 0. The molecule has 3 heteroatoms. The molecular formula is C12H12IN2-. The van der Waals surface area contributed by atoms with Gasteiger partial charge >= 0.3 is 99.7 Å². The standard InChI is InChI=1S/C12H12IN2/c14-11-5-1-3-9(7-11)13-10-4-2-6-12(15)8-10/h1-8H,14-15H2/q-1. The molecule has 15 heavy (non-hydrogen) atoms. The van der Waals surface area contributed by atoms with Crippen LogP contribution in [0.15, 0.2) is 48.5 Å². The van der Waals surface area contributed by atoms with Crippen LogP contribution in [-0.2, 0) is 0 Å². The molecular weight excluding hydrogens is 299 g/mol. The van der Waals surface area contributed by atoms with E-state index in [0.717, 1.165) is 11.4 Å². The Bertz CT molecular complexity index is 425. The van der Waals surface area contributed by atoms with Gasteiger partial charge in [0.05, 0.1) is 0 Å². The van der Waals surface area contributed by atoms with Gasteiger partial charge in [0.2, 0.25) is 0 Å². The van der Waals surface area contributed by atoms with Crippen LogP contribution in [-0.4, -0.2) is 0 Å². The van der Waals surface area contributed by atoms with Gasteiger partial charge in [0.15, 0.2) is 0 Å². The van der Waals surface area contributed by atoms with Gasteiger partial charge in [0, 0.05) is 0 Å². The molecule has 0 radical (unpaired) electrons. The molecule has 0 saturated heterocycles.